The fourth-order valence-corrected chi connectivity index (χ4v) is 2.61. The van der Waals surface area contributed by atoms with Crippen LogP contribution in [-0.4, -0.2) is 26.8 Å². The average molecular weight is 384 g/mol. The van der Waals surface area contributed by atoms with Gasteiger partial charge in [-0.05, 0) is 47.7 Å². The summed E-state index contributed by atoms with van der Waals surface area (Å²) in [7, 11) is 1.81. The Bertz CT molecular complexity index is 670. The molecule has 0 N–H and O–H groups in total. The number of amides is 1. The van der Waals surface area contributed by atoms with Crippen LogP contribution in [0.1, 0.15) is 12.7 Å². The van der Waals surface area contributed by atoms with E-state index in [1.165, 1.54) is 6.33 Å². The van der Waals surface area contributed by atoms with E-state index in [1.807, 2.05) is 25.2 Å². The average Bonchev–Trinajstić information content (AvgIpc) is 2.80. The second-order valence-corrected chi connectivity index (χ2v) is 5.84. The van der Waals surface area contributed by atoms with Crippen LogP contribution in [0.4, 0.5) is 5.69 Å². The zero-order valence-corrected chi connectivity index (χ0v) is 13.2. The Balaban J connectivity index is 2.01. The van der Waals surface area contributed by atoms with E-state index in [4.69, 9.17) is 4.74 Å². The summed E-state index contributed by atoms with van der Waals surface area (Å²) in [5, 5.41) is 4.03. The third kappa shape index (κ3) is 2.26. The molecule has 0 bridgehead atoms. The zero-order chi connectivity index (χ0) is 14.3. The van der Waals surface area contributed by atoms with Crippen molar-refractivity contribution in [1.29, 1.82) is 0 Å². The Morgan fingerprint density at radius 2 is 2.25 bits per heavy atom. The van der Waals surface area contributed by atoms with Gasteiger partial charge >= 0.3 is 0 Å². The van der Waals surface area contributed by atoms with Gasteiger partial charge in [-0.1, -0.05) is 0 Å². The van der Waals surface area contributed by atoms with E-state index >= 15 is 0 Å². The number of carbonyl (C=O) groups excluding carboxylic acids is 1. The number of ether oxygens (including phenoxy) is 1. The van der Waals surface area contributed by atoms with Crippen molar-refractivity contribution in [3.63, 3.8) is 0 Å². The van der Waals surface area contributed by atoms with Crippen LogP contribution in [0.15, 0.2) is 24.5 Å². The number of halogens is 1. The summed E-state index contributed by atoms with van der Waals surface area (Å²) in [4.78, 5) is 18.2. The Kier molecular flexibility index (Phi) is 3.36. The molecule has 0 spiro atoms. The number of benzene rings is 1. The van der Waals surface area contributed by atoms with Crippen molar-refractivity contribution >= 4 is 34.2 Å². The first-order chi connectivity index (χ1) is 9.56. The van der Waals surface area contributed by atoms with Crippen LogP contribution in [-0.2, 0) is 18.4 Å². The fourth-order valence-electron chi connectivity index (χ4n) is 2.15. The SMILES string of the molecule is CC1Oc2cc(I)ccc2N(Cc2ncnn2C)C1=O. The lowest BCUT2D eigenvalue weighted by molar-refractivity contribution is -0.125. The molecule has 1 amide bonds. The molecule has 1 unspecified atom stereocenters. The van der Waals surface area contributed by atoms with Crippen LogP contribution in [0.2, 0.25) is 0 Å². The van der Waals surface area contributed by atoms with Gasteiger partial charge in [0, 0.05) is 10.6 Å². The summed E-state index contributed by atoms with van der Waals surface area (Å²) in [6.45, 7) is 2.14. The van der Waals surface area contributed by atoms with E-state index in [9.17, 15) is 4.79 Å². The number of aromatic nitrogens is 3. The number of anilines is 1. The van der Waals surface area contributed by atoms with Crippen LogP contribution in [0.25, 0.3) is 0 Å². The molecule has 2 heterocycles. The van der Waals surface area contributed by atoms with Gasteiger partial charge in [0.1, 0.15) is 17.9 Å². The highest BCUT2D eigenvalue weighted by atomic mass is 127. The summed E-state index contributed by atoms with van der Waals surface area (Å²) in [6, 6.07) is 5.79. The van der Waals surface area contributed by atoms with Gasteiger partial charge in [0.2, 0.25) is 0 Å². The van der Waals surface area contributed by atoms with Gasteiger partial charge in [-0.3, -0.25) is 14.4 Å². The predicted octanol–water partition coefficient (Wildman–Crippen LogP) is 1.73. The van der Waals surface area contributed by atoms with E-state index in [-0.39, 0.29) is 5.91 Å². The van der Waals surface area contributed by atoms with Gasteiger partial charge < -0.3 is 4.74 Å². The number of nitrogens with zero attached hydrogens (tertiary/aromatic N) is 4. The van der Waals surface area contributed by atoms with Crippen molar-refractivity contribution in [3.8, 4) is 5.75 Å². The Morgan fingerprint density at radius 1 is 1.45 bits per heavy atom. The number of hydrogen-bond donors (Lipinski definition) is 0. The number of fused-ring (bicyclic) bond motifs is 1. The fraction of sp³-hybridized carbons (Fsp3) is 0.308. The maximum absolute atomic E-state index is 12.4. The van der Waals surface area contributed by atoms with E-state index < -0.39 is 6.10 Å². The maximum Gasteiger partial charge on any atom is 0.268 e. The summed E-state index contributed by atoms with van der Waals surface area (Å²) < 4.78 is 8.40. The highest BCUT2D eigenvalue weighted by Crippen LogP contribution is 2.35. The number of carbonyl (C=O) groups is 1. The largest absolute Gasteiger partial charge is 0.479 e. The molecule has 6 nitrogen and oxygen atoms in total. The summed E-state index contributed by atoms with van der Waals surface area (Å²) >= 11 is 2.22. The van der Waals surface area contributed by atoms with E-state index in [1.54, 1.807) is 16.5 Å². The Labute approximate surface area is 129 Å². The van der Waals surface area contributed by atoms with Crippen LogP contribution in [0, 0.1) is 3.57 Å². The van der Waals surface area contributed by atoms with E-state index in [0.717, 1.165) is 20.8 Å². The summed E-state index contributed by atoms with van der Waals surface area (Å²) in [5.41, 5.74) is 0.775. The number of aryl methyl sites for hydroxylation is 1. The molecular weight excluding hydrogens is 371 g/mol. The maximum atomic E-state index is 12.4. The number of rotatable bonds is 2. The molecular formula is C13H13IN4O2. The van der Waals surface area contributed by atoms with Crippen LogP contribution in [0.5, 0.6) is 5.75 Å². The van der Waals surface area contributed by atoms with Gasteiger partial charge in [-0.2, -0.15) is 5.10 Å². The topological polar surface area (TPSA) is 60.2 Å². The monoisotopic (exact) mass is 384 g/mol. The van der Waals surface area contributed by atoms with Gasteiger partial charge in [0.15, 0.2) is 6.10 Å². The van der Waals surface area contributed by atoms with E-state index in [0.29, 0.717) is 6.54 Å². The molecule has 1 aromatic heterocycles. The molecule has 20 heavy (non-hydrogen) atoms. The molecule has 0 saturated carbocycles. The molecule has 7 heteroatoms. The lowest BCUT2D eigenvalue weighted by Gasteiger charge is -2.32. The molecule has 0 fully saturated rings. The van der Waals surface area contributed by atoms with Crippen LogP contribution < -0.4 is 9.64 Å². The molecule has 1 aliphatic rings. The highest BCUT2D eigenvalue weighted by Gasteiger charge is 2.32. The zero-order valence-electron chi connectivity index (χ0n) is 11.1. The molecule has 3 rings (SSSR count). The third-order valence-corrected chi connectivity index (χ3v) is 3.91. The first kappa shape index (κ1) is 13.3. The van der Waals surface area contributed by atoms with Crippen molar-refractivity contribution in [2.45, 2.75) is 19.6 Å². The lowest BCUT2D eigenvalue weighted by Crippen LogP contribution is -2.44. The van der Waals surface area contributed by atoms with Gasteiger partial charge in [-0.15, -0.1) is 0 Å². The molecule has 1 atom stereocenters. The number of hydrogen-bond acceptors (Lipinski definition) is 4. The second-order valence-electron chi connectivity index (χ2n) is 4.60. The van der Waals surface area contributed by atoms with Gasteiger partial charge in [-0.25, -0.2) is 4.98 Å². The van der Waals surface area contributed by atoms with Crippen LogP contribution in [0.3, 0.4) is 0 Å². The molecule has 0 radical (unpaired) electrons. The first-order valence-electron chi connectivity index (χ1n) is 6.16. The smallest absolute Gasteiger partial charge is 0.268 e. The van der Waals surface area contributed by atoms with Gasteiger partial charge in [0.05, 0.1) is 12.2 Å². The quantitative estimate of drug-likeness (QED) is 0.741. The van der Waals surface area contributed by atoms with Crippen molar-refractivity contribution < 1.29 is 9.53 Å². The van der Waals surface area contributed by atoms with E-state index in [2.05, 4.69) is 32.7 Å². The Hall–Kier alpha value is -1.64. The molecule has 0 aliphatic carbocycles. The minimum absolute atomic E-state index is 0.0679. The molecule has 1 aromatic carbocycles. The minimum Gasteiger partial charge on any atom is -0.479 e. The normalized spacial score (nSPS) is 17.9. The summed E-state index contributed by atoms with van der Waals surface area (Å²) in [6.07, 6.45) is 0.993. The molecule has 2 aromatic rings. The Morgan fingerprint density at radius 3 is 2.95 bits per heavy atom. The molecule has 104 valence electrons. The van der Waals surface area contributed by atoms with Crippen molar-refractivity contribution in [2.75, 3.05) is 4.90 Å². The molecule has 0 saturated heterocycles. The highest BCUT2D eigenvalue weighted by molar-refractivity contribution is 14.1. The standard InChI is InChI=1S/C13H13IN4O2/c1-8-13(19)18(6-12-15-7-16-17(12)2)10-4-3-9(14)5-11(10)20-8/h3-5,7-8H,6H2,1-2H3. The second kappa shape index (κ2) is 5.04. The summed E-state index contributed by atoms with van der Waals surface area (Å²) in [5.74, 6) is 1.39. The van der Waals surface area contributed by atoms with Crippen LogP contribution >= 0.6 is 22.6 Å². The predicted molar refractivity (Wildman–Crippen MR) is 81.4 cm³/mol. The van der Waals surface area contributed by atoms with Crippen molar-refractivity contribution in [1.82, 2.24) is 14.8 Å². The molecule has 1 aliphatic heterocycles. The lowest BCUT2D eigenvalue weighted by atomic mass is 10.2. The first-order valence-corrected chi connectivity index (χ1v) is 7.24. The van der Waals surface area contributed by atoms with Crippen molar-refractivity contribution in [2.24, 2.45) is 7.05 Å². The third-order valence-electron chi connectivity index (χ3n) is 3.23. The minimum atomic E-state index is -0.492. The van der Waals surface area contributed by atoms with Crippen molar-refractivity contribution in [3.05, 3.63) is 33.9 Å². The van der Waals surface area contributed by atoms with Gasteiger partial charge in [0.25, 0.3) is 5.91 Å².